The molecule has 2 aliphatic heterocycles. The van der Waals surface area contributed by atoms with E-state index in [9.17, 15) is 4.79 Å². The number of carbonyl (C=O) groups is 1. The van der Waals surface area contributed by atoms with E-state index in [0.717, 1.165) is 19.6 Å². The summed E-state index contributed by atoms with van der Waals surface area (Å²) in [4.78, 5) is 17.2. The minimum atomic E-state index is 0.0820. The molecule has 0 aromatic heterocycles. The van der Waals surface area contributed by atoms with Gasteiger partial charge in [0.05, 0.1) is 12.8 Å². The number of ether oxygens (including phenoxy) is 1. The Morgan fingerprint density at radius 1 is 1.29 bits per heavy atom. The van der Waals surface area contributed by atoms with Gasteiger partial charge < -0.3 is 15.4 Å². The Balaban J connectivity index is 1.73. The van der Waals surface area contributed by atoms with Crippen LogP contribution in [0.4, 0.5) is 5.69 Å². The molecule has 1 aromatic rings. The molecule has 0 saturated carbocycles. The first-order valence-corrected chi connectivity index (χ1v) is 7.66. The van der Waals surface area contributed by atoms with E-state index in [1.165, 1.54) is 25.8 Å². The highest BCUT2D eigenvalue weighted by molar-refractivity contribution is 5.95. The van der Waals surface area contributed by atoms with E-state index >= 15 is 0 Å². The molecule has 5 heteroatoms. The lowest BCUT2D eigenvalue weighted by molar-refractivity contribution is 0.0372. The minimum Gasteiger partial charge on any atom is -0.495 e. The fraction of sp³-hybridized carbons (Fsp3) is 0.562. The van der Waals surface area contributed by atoms with Crippen molar-refractivity contribution >= 4 is 11.6 Å². The van der Waals surface area contributed by atoms with Gasteiger partial charge in [-0.1, -0.05) is 6.42 Å². The SMILES string of the molecule is COc1cc(C(=O)N2CCN3CCCCC3C2)ccc1N. The average molecular weight is 289 g/mol. The van der Waals surface area contributed by atoms with Gasteiger partial charge in [-0.2, -0.15) is 0 Å². The molecular formula is C16H23N3O2. The summed E-state index contributed by atoms with van der Waals surface area (Å²) in [6.45, 7) is 3.82. The van der Waals surface area contributed by atoms with Crippen LogP contribution in [0.5, 0.6) is 5.75 Å². The largest absolute Gasteiger partial charge is 0.495 e. The molecule has 0 bridgehead atoms. The Morgan fingerprint density at radius 2 is 2.14 bits per heavy atom. The van der Waals surface area contributed by atoms with Gasteiger partial charge in [0.25, 0.3) is 5.91 Å². The molecule has 3 rings (SSSR count). The number of piperidine rings is 1. The third-order valence-corrected chi connectivity index (χ3v) is 4.60. The van der Waals surface area contributed by atoms with Gasteiger partial charge in [-0.05, 0) is 37.6 Å². The lowest BCUT2D eigenvalue weighted by Gasteiger charge is -2.44. The molecule has 1 amide bonds. The maximum absolute atomic E-state index is 12.7. The molecular weight excluding hydrogens is 266 g/mol. The average Bonchev–Trinajstić information content (AvgIpc) is 2.54. The van der Waals surface area contributed by atoms with Gasteiger partial charge in [-0.25, -0.2) is 0 Å². The summed E-state index contributed by atoms with van der Waals surface area (Å²) in [5.74, 6) is 0.649. The topological polar surface area (TPSA) is 58.8 Å². The van der Waals surface area contributed by atoms with E-state index < -0.39 is 0 Å². The molecule has 2 fully saturated rings. The molecule has 2 aliphatic rings. The molecule has 5 nitrogen and oxygen atoms in total. The van der Waals surface area contributed by atoms with Crippen LogP contribution in [0.1, 0.15) is 29.6 Å². The number of nitrogen functional groups attached to an aromatic ring is 1. The maximum Gasteiger partial charge on any atom is 0.254 e. The molecule has 0 aliphatic carbocycles. The summed E-state index contributed by atoms with van der Waals surface area (Å²) >= 11 is 0. The Bertz CT molecular complexity index is 532. The molecule has 2 heterocycles. The summed E-state index contributed by atoms with van der Waals surface area (Å²) in [6, 6.07) is 5.80. The fourth-order valence-corrected chi connectivity index (χ4v) is 3.37. The quantitative estimate of drug-likeness (QED) is 0.840. The zero-order chi connectivity index (χ0) is 14.8. The van der Waals surface area contributed by atoms with Crippen LogP contribution in [0.3, 0.4) is 0 Å². The van der Waals surface area contributed by atoms with Gasteiger partial charge in [-0.3, -0.25) is 9.69 Å². The monoisotopic (exact) mass is 289 g/mol. The van der Waals surface area contributed by atoms with E-state index in [4.69, 9.17) is 10.5 Å². The molecule has 21 heavy (non-hydrogen) atoms. The van der Waals surface area contributed by atoms with Crippen LogP contribution in [0.2, 0.25) is 0 Å². The number of nitrogens with two attached hydrogens (primary N) is 1. The molecule has 1 aromatic carbocycles. The number of anilines is 1. The third kappa shape index (κ3) is 2.83. The van der Waals surface area contributed by atoms with Crippen LogP contribution in [0, 0.1) is 0 Å². The van der Waals surface area contributed by atoms with Crippen molar-refractivity contribution in [2.24, 2.45) is 0 Å². The zero-order valence-corrected chi connectivity index (χ0v) is 12.5. The summed E-state index contributed by atoms with van der Waals surface area (Å²) < 4.78 is 5.21. The van der Waals surface area contributed by atoms with E-state index in [-0.39, 0.29) is 5.91 Å². The van der Waals surface area contributed by atoms with E-state index in [1.54, 1.807) is 25.3 Å². The van der Waals surface area contributed by atoms with Crippen LogP contribution in [-0.4, -0.2) is 55.0 Å². The Morgan fingerprint density at radius 3 is 2.95 bits per heavy atom. The van der Waals surface area contributed by atoms with Crippen molar-refractivity contribution in [1.29, 1.82) is 0 Å². The molecule has 0 radical (unpaired) electrons. The summed E-state index contributed by atoms with van der Waals surface area (Å²) in [6.07, 6.45) is 3.77. The zero-order valence-electron chi connectivity index (χ0n) is 12.5. The van der Waals surface area contributed by atoms with Crippen LogP contribution >= 0.6 is 0 Å². The van der Waals surface area contributed by atoms with Crippen LogP contribution in [-0.2, 0) is 0 Å². The Labute approximate surface area is 125 Å². The number of rotatable bonds is 2. The Kier molecular flexibility index (Phi) is 4.01. The summed E-state index contributed by atoms with van der Waals surface area (Å²) in [5, 5.41) is 0. The van der Waals surface area contributed by atoms with Crippen molar-refractivity contribution in [2.45, 2.75) is 25.3 Å². The van der Waals surface area contributed by atoms with Gasteiger partial charge in [0.15, 0.2) is 0 Å². The van der Waals surface area contributed by atoms with E-state index in [1.807, 2.05) is 4.90 Å². The Hall–Kier alpha value is -1.75. The molecule has 0 spiro atoms. The highest BCUT2D eigenvalue weighted by atomic mass is 16.5. The molecule has 2 N–H and O–H groups in total. The van der Waals surface area contributed by atoms with Gasteiger partial charge in [0.1, 0.15) is 5.75 Å². The second kappa shape index (κ2) is 5.93. The van der Waals surface area contributed by atoms with Gasteiger partial charge >= 0.3 is 0 Å². The van der Waals surface area contributed by atoms with Crippen molar-refractivity contribution in [3.8, 4) is 5.75 Å². The van der Waals surface area contributed by atoms with Gasteiger partial charge in [0, 0.05) is 31.2 Å². The first-order valence-electron chi connectivity index (χ1n) is 7.66. The molecule has 2 saturated heterocycles. The third-order valence-electron chi connectivity index (χ3n) is 4.60. The second-order valence-electron chi connectivity index (χ2n) is 5.89. The number of piperazine rings is 1. The number of benzene rings is 1. The maximum atomic E-state index is 12.7. The second-order valence-corrected chi connectivity index (χ2v) is 5.89. The number of hydrogen-bond donors (Lipinski definition) is 1. The number of fused-ring (bicyclic) bond motifs is 1. The number of hydrogen-bond acceptors (Lipinski definition) is 4. The number of carbonyl (C=O) groups excluding carboxylic acids is 1. The first kappa shape index (κ1) is 14.2. The van der Waals surface area contributed by atoms with Crippen LogP contribution < -0.4 is 10.5 Å². The van der Waals surface area contributed by atoms with Crippen molar-refractivity contribution in [3.63, 3.8) is 0 Å². The molecule has 1 unspecified atom stereocenters. The predicted octanol–water partition coefficient (Wildman–Crippen LogP) is 1.59. The van der Waals surface area contributed by atoms with Crippen molar-refractivity contribution in [3.05, 3.63) is 23.8 Å². The normalized spacial score (nSPS) is 22.7. The van der Waals surface area contributed by atoms with Crippen molar-refractivity contribution in [1.82, 2.24) is 9.80 Å². The lowest BCUT2D eigenvalue weighted by atomic mass is 9.99. The first-order chi connectivity index (χ1) is 10.2. The predicted molar refractivity (Wildman–Crippen MR) is 82.5 cm³/mol. The molecule has 1 atom stereocenters. The van der Waals surface area contributed by atoms with Crippen LogP contribution in [0.15, 0.2) is 18.2 Å². The summed E-state index contributed by atoms with van der Waals surface area (Å²) in [5.41, 5.74) is 7.03. The molecule has 114 valence electrons. The van der Waals surface area contributed by atoms with Crippen LogP contribution in [0.25, 0.3) is 0 Å². The van der Waals surface area contributed by atoms with E-state index in [0.29, 0.717) is 23.0 Å². The van der Waals surface area contributed by atoms with E-state index in [2.05, 4.69) is 4.90 Å². The van der Waals surface area contributed by atoms with Gasteiger partial charge in [-0.15, -0.1) is 0 Å². The number of methoxy groups -OCH3 is 1. The highest BCUT2D eigenvalue weighted by Gasteiger charge is 2.31. The van der Waals surface area contributed by atoms with Gasteiger partial charge in [0.2, 0.25) is 0 Å². The smallest absolute Gasteiger partial charge is 0.254 e. The minimum absolute atomic E-state index is 0.0820. The highest BCUT2D eigenvalue weighted by Crippen LogP contribution is 2.25. The number of nitrogens with zero attached hydrogens (tertiary/aromatic N) is 2. The lowest BCUT2D eigenvalue weighted by Crippen LogP contribution is -2.56. The fourth-order valence-electron chi connectivity index (χ4n) is 3.37. The van der Waals surface area contributed by atoms with Crippen molar-refractivity contribution in [2.75, 3.05) is 39.0 Å². The number of amides is 1. The van der Waals surface area contributed by atoms with Crippen molar-refractivity contribution < 1.29 is 9.53 Å². The summed E-state index contributed by atoms with van der Waals surface area (Å²) in [7, 11) is 1.57. The standard InChI is InChI=1S/C16H23N3O2/c1-21-15-10-12(5-6-14(15)17)16(20)19-9-8-18-7-3-2-4-13(18)11-19/h5-6,10,13H,2-4,7-9,11,17H2,1H3.